The number of carbonyl (C=O) groups is 2. The van der Waals surface area contributed by atoms with E-state index in [1.165, 1.54) is 29.4 Å². The summed E-state index contributed by atoms with van der Waals surface area (Å²) < 4.78 is 26.4. The second-order valence-corrected chi connectivity index (χ2v) is 10.2. The number of benzene rings is 3. The van der Waals surface area contributed by atoms with Crippen LogP contribution in [0.25, 0.3) is 0 Å². The lowest BCUT2D eigenvalue weighted by atomic mass is 10.1. The quantitative estimate of drug-likeness (QED) is 0.630. The molecule has 1 N–H and O–H groups in total. The van der Waals surface area contributed by atoms with Gasteiger partial charge in [0.15, 0.2) is 0 Å². The molecule has 0 saturated heterocycles. The smallest absolute Gasteiger partial charge is 0.269 e. The van der Waals surface area contributed by atoms with Crippen molar-refractivity contribution in [1.29, 1.82) is 0 Å². The van der Waals surface area contributed by atoms with E-state index >= 15 is 0 Å². The Labute approximate surface area is 192 Å². The molecular formula is C25H23N3O4S. The fraction of sp³-hybridized carbons (Fsp3) is 0.200. The van der Waals surface area contributed by atoms with Crippen LogP contribution in [-0.2, 0) is 16.4 Å². The molecule has 0 atom stereocenters. The van der Waals surface area contributed by atoms with E-state index in [0.717, 1.165) is 23.0 Å². The maximum Gasteiger partial charge on any atom is 0.269 e. The predicted molar refractivity (Wildman–Crippen MR) is 126 cm³/mol. The number of hydrogen-bond acceptors (Lipinski definition) is 5. The van der Waals surface area contributed by atoms with Crippen molar-refractivity contribution in [2.75, 3.05) is 16.8 Å². The van der Waals surface area contributed by atoms with Crippen LogP contribution in [0.1, 0.15) is 40.1 Å². The number of hydrogen-bond donors (Lipinski definition) is 1. The molecule has 5 rings (SSSR count). The lowest BCUT2D eigenvalue weighted by Gasteiger charge is -2.20. The van der Waals surface area contributed by atoms with E-state index in [2.05, 4.69) is 22.3 Å². The summed E-state index contributed by atoms with van der Waals surface area (Å²) in [4.78, 5) is 27.4. The number of anilines is 3. The van der Waals surface area contributed by atoms with Gasteiger partial charge in [0.1, 0.15) is 4.90 Å². The molecule has 2 amide bonds. The summed E-state index contributed by atoms with van der Waals surface area (Å²) >= 11 is 0. The molecule has 0 aromatic heterocycles. The first-order valence-electron chi connectivity index (χ1n) is 10.8. The number of carbonyl (C=O) groups excluding carboxylic acids is 2. The molecule has 3 aromatic carbocycles. The van der Waals surface area contributed by atoms with Crippen LogP contribution >= 0.6 is 0 Å². The second-order valence-electron chi connectivity index (χ2n) is 8.44. The van der Waals surface area contributed by atoms with E-state index in [0.29, 0.717) is 5.69 Å². The van der Waals surface area contributed by atoms with Crippen molar-refractivity contribution in [2.45, 2.75) is 31.2 Å². The number of nitrogens with zero attached hydrogens (tertiary/aromatic N) is 2. The van der Waals surface area contributed by atoms with Crippen LogP contribution in [0.3, 0.4) is 0 Å². The van der Waals surface area contributed by atoms with Crippen LogP contribution in [-0.4, -0.2) is 37.1 Å². The highest BCUT2D eigenvalue weighted by molar-refractivity contribution is 7.90. The molecule has 0 saturated carbocycles. The Balaban J connectivity index is 1.35. The van der Waals surface area contributed by atoms with Gasteiger partial charge >= 0.3 is 0 Å². The first kappa shape index (κ1) is 21.2. The zero-order valence-corrected chi connectivity index (χ0v) is 19.1. The molecule has 0 fully saturated rings. The number of amides is 2. The summed E-state index contributed by atoms with van der Waals surface area (Å²) in [5.41, 5.74) is 4.41. The van der Waals surface area contributed by atoms with Gasteiger partial charge in [0.25, 0.3) is 21.8 Å². The summed E-state index contributed by atoms with van der Waals surface area (Å²) in [5.74, 6) is -1.01. The van der Waals surface area contributed by atoms with Crippen LogP contribution in [0.4, 0.5) is 17.1 Å². The van der Waals surface area contributed by atoms with E-state index in [9.17, 15) is 18.0 Å². The first-order chi connectivity index (χ1) is 15.8. The Kier molecular flexibility index (Phi) is 4.97. The zero-order chi connectivity index (χ0) is 23.3. The van der Waals surface area contributed by atoms with Crippen molar-refractivity contribution in [1.82, 2.24) is 4.31 Å². The Morgan fingerprint density at radius 3 is 2.45 bits per heavy atom. The lowest BCUT2D eigenvalue weighted by molar-refractivity contribution is 0.0846. The van der Waals surface area contributed by atoms with Gasteiger partial charge in [-0.2, -0.15) is 0 Å². The van der Waals surface area contributed by atoms with E-state index in [1.54, 1.807) is 13.8 Å². The monoisotopic (exact) mass is 461 g/mol. The van der Waals surface area contributed by atoms with Crippen molar-refractivity contribution in [3.63, 3.8) is 0 Å². The Bertz CT molecular complexity index is 1380. The number of para-hydroxylation sites is 1. The van der Waals surface area contributed by atoms with Gasteiger partial charge < -0.3 is 10.2 Å². The lowest BCUT2D eigenvalue weighted by Crippen LogP contribution is -2.36. The molecule has 0 radical (unpaired) electrons. The molecule has 8 heteroatoms. The Morgan fingerprint density at radius 2 is 1.73 bits per heavy atom. The molecule has 168 valence electrons. The second kappa shape index (κ2) is 7.74. The average molecular weight is 462 g/mol. The van der Waals surface area contributed by atoms with Crippen LogP contribution in [0.5, 0.6) is 0 Å². The highest BCUT2D eigenvalue weighted by Gasteiger charge is 2.42. The number of rotatable bonds is 4. The molecule has 2 aliphatic rings. The fourth-order valence-corrected chi connectivity index (χ4v) is 6.23. The molecule has 0 unspecified atom stereocenters. The third kappa shape index (κ3) is 3.47. The van der Waals surface area contributed by atoms with Gasteiger partial charge in [-0.15, -0.1) is 0 Å². The maximum atomic E-state index is 12.8. The van der Waals surface area contributed by atoms with Gasteiger partial charge in [0, 0.05) is 35.2 Å². The standard InChI is InChI=1S/C25H23N3O4S/c1-16(2)28-25(30)21-12-7-18(15-23(21)33(28,31)32)24(29)26-19-8-10-20(11-9-19)27-14-13-17-5-3-4-6-22(17)27/h3-12,15-16H,13-14H2,1-2H3,(H,26,29). The molecule has 3 aromatic rings. The first-order valence-corrected chi connectivity index (χ1v) is 12.2. The van der Waals surface area contributed by atoms with E-state index in [1.807, 2.05) is 36.4 Å². The van der Waals surface area contributed by atoms with Gasteiger partial charge in [-0.05, 0) is 74.4 Å². The van der Waals surface area contributed by atoms with Gasteiger partial charge in [-0.25, -0.2) is 12.7 Å². The molecule has 7 nitrogen and oxygen atoms in total. The van der Waals surface area contributed by atoms with Crippen LogP contribution in [0.2, 0.25) is 0 Å². The van der Waals surface area contributed by atoms with E-state index in [-0.39, 0.29) is 16.0 Å². The number of sulfonamides is 1. The highest BCUT2D eigenvalue weighted by Crippen LogP contribution is 2.35. The van der Waals surface area contributed by atoms with E-state index < -0.39 is 27.9 Å². The molecular weight excluding hydrogens is 438 g/mol. The van der Waals surface area contributed by atoms with Gasteiger partial charge in [0.2, 0.25) is 0 Å². The molecule has 33 heavy (non-hydrogen) atoms. The van der Waals surface area contributed by atoms with Crippen molar-refractivity contribution >= 4 is 38.9 Å². The van der Waals surface area contributed by atoms with Gasteiger partial charge in [-0.1, -0.05) is 18.2 Å². The third-order valence-corrected chi connectivity index (χ3v) is 8.00. The molecule has 2 heterocycles. The van der Waals surface area contributed by atoms with Crippen molar-refractivity contribution in [3.8, 4) is 0 Å². The number of fused-ring (bicyclic) bond motifs is 2. The number of nitrogens with one attached hydrogen (secondary N) is 1. The minimum atomic E-state index is -3.96. The summed E-state index contributed by atoms with van der Waals surface area (Å²) in [5, 5.41) is 2.81. The summed E-state index contributed by atoms with van der Waals surface area (Å²) in [6.07, 6.45) is 0.993. The topological polar surface area (TPSA) is 86.8 Å². The van der Waals surface area contributed by atoms with Crippen molar-refractivity contribution < 1.29 is 18.0 Å². The van der Waals surface area contributed by atoms with Crippen LogP contribution in [0, 0.1) is 0 Å². The molecule has 0 bridgehead atoms. The fourth-order valence-electron chi connectivity index (χ4n) is 4.43. The molecule has 0 spiro atoms. The van der Waals surface area contributed by atoms with Crippen LogP contribution in [0.15, 0.2) is 71.6 Å². The third-order valence-electron chi connectivity index (χ3n) is 6.00. The predicted octanol–water partition coefficient (Wildman–Crippen LogP) is 4.19. The van der Waals surface area contributed by atoms with Crippen molar-refractivity contribution in [2.24, 2.45) is 0 Å². The maximum absolute atomic E-state index is 12.8. The average Bonchev–Trinajstić information content (AvgIpc) is 3.31. The summed E-state index contributed by atoms with van der Waals surface area (Å²) in [6.45, 7) is 4.18. The SMILES string of the molecule is CC(C)N1C(=O)c2ccc(C(=O)Nc3ccc(N4CCc5ccccc54)cc3)cc2S1(=O)=O. The van der Waals surface area contributed by atoms with Gasteiger partial charge in [-0.3, -0.25) is 9.59 Å². The molecule has 0 aliphatic carbocycles. The van der Waals surface area contributed by atoms with Gasteiger partial charge in [0.05, 0.1) is 5.56 Å². The van der Waals surface area contributed by atoms with Crippen LogP contribution < -0.4 is 10.2 Å². The Hall–Kier alpha value is -3.65. The minimum Gasteiger partial charge on any atom is -0.341 e. The largest absolute Gasteiger partial charge is 0.341 e. The summed E-state index contributed by atoms with van der Waals surface area (Å²) in [7, 11) is -3.96. The normalized spacial score (nSPS) is 16.2. The zero-order valence-electron chi connectivity index (χ0n) is 18.3. The minimum absolute atomic E-state index is 0.0931. The molecule has 2 aliphatic heterocycles. The van der Waals surface area contributed by atoms with Crippen molar-refractivity contribution in [3.05, 3.63) is 83.4 Å². The summed E-state index contributed by atoms with van der Waals surface area (Å²) in [6, 6.07) is 19.5. The highest BCUT2D eigenvalue weighted by atomic mass is 32.2. The Morgan fingerprint density at radius 1 is 1.00 bits per heavy atom. The van der Waals surface area contributed by atoms with E-state index in [4.69, 9.17) is 0 Å².